The minimum absolute atomic E-state index is 0.0799. The third-order valence-corrected chi connectivity index (χ3v) is 4.78. The largest absolute Gasteiger partial charge is 0.378 e. The van der Waals surface area contributed by atoms with Gasteiger partial charge in [0.25, 0.3) is 0 Å². The molecule has 3 aromatic carbocycles. The maximum absolute atomic E-state index is 3.77. The third-order valence-electron chi connectivity index (χ3n) is 4.78. The Morgan fingerprint density at radius 1 is 0.720 bits per heavy atom. The fraction of sp³-hybridized carbons (Fsp3) is 0.182. The molecule has 3 heteroatoms. The fourth-order valence-electron chi connectivity index (χ4n) is 3.40. The third kappa shape index (κ3) is 3.11. The minimum Gasteiger partial charge on any atom is -0.378 e. The molecule has 0 fully saturated rings. The van der Waals surface area contributed by atoms with Gasteiger partial charge in [0.2, 0.25) is 0 Å². The van der Waals surface area contributed by atoms with Crippen molar-refractivity contribution in [3.8, 4) is 0 Å². The highest BCUT2D eigenvalue weighted by Gasteiger charge is 2.27. The first kappa shape index (κ1) is 15.7. The Morgan fingerprint density at radius 3 is 2.12 bits per heavy atom. The van der Waals surface area contributed by atoms with Crippen LogP contribution in [0, 0.1) is 0 Å². The molecule has 0 saturated heterocycles. The van der Waals surface area contributed by atoms with Crippen LogP contribution < -0.4 is 15.5 Å². The Bertz CT molecular complexity index is 841. The van der Waals surface area contributed by atoms with Crippen molar-refractivity contribution in [3.05, 3.63) is 95.6 Å². The monoisotopic (exact) mass is 329 g/mol. The maximum Gasteiger partial charge on any atom is 0.104 e. The van der Waals surface area contributed by atoms with Gasteiger partial charge in [-0.3, -0.25) is 5.32 Å². The van der Waals surface area contributed by atoms with E-state index in [0.717, 1.165) is 0 Å². The van der Waals surface area contributed by atoms with Gasteiger partial charge in [-0.1, -0.05) is 60.7 Å². The van der Waals surface area contributed by atoms with Crippen LogP contribution in [0.25, 0.3) is 0 Å². The van der Waals surface area contributed by atoms with E-state index in [1.807, 2.05) is 0 Å². The average molecular weight is 329 g/mol. The second-order valence-electron chi connectivity index (χ2n) is 6.66. The molecule has 1 aliphatic rings. The van der Waals surface area contributed by atoms with Crippen molar-refractivity contribution in [2.45, 2.75) is 12.2 Å². The van der Waals surface area contributed by atoms with Crippen molar-refractivity contribution in [1.82, 2.24) is 5.32 Å². The first-order valence-electron chi connectivity index (χ1n) is 8.66. The Morgan fingerprint density at radius 2 is 1.40 bits per heavy atom. The number of nitrogens with one attached hydrogen (secondary N) is 2. The van der Waals surface area contributed by atoms with Crippen molar-refractivity contribution in [2.24, 2.45) is 0 Å². The molecule has 3 aromatic rings. The second-order valence-corrected chi connectivity index (χ2v) is 6.66. The molecule has 1 aliphatic heterocycles. The smallest absolute Gasteiger partial charge is 0.104 e. The predicted octanol–water partition coefficient (Wildman–Crippen LogP) is 4.56. The molecule has 126 valence electrons. The van der Waals surface area contributed by atoms with Crippen molar-refractivity contribution in [3.63, 3.8) is 0 Å². The number of para-hydroxylation sites is 1. The van der Waals surface area contributed by atoms with Crippen LogP contribution in [0.3, 0.4) is 0 Å². The number of anilines is 2. The Kier molecular flexibility index (Phi) is 4.16. The number of fused-ring (bicyclic) bond motifs is 1. The lowest BCUT2D eigenvalue weighted by Gasteiger charge is -2.35. The quantitative estimate of drug-likeness (QED) is 0.738. The molecular weight excluding hydrogens is 306 g/mol. The molecule has 0 saturated carbocycles. The summed E-state index contributed by atoms with van der Waals surface area (Å²) in [6.07, 6.45) is 0.0799. The molecule has 0 spiro atoms. The van der Waals surface area contributed by atoms with Gasteiger partial charge in [-0.15, -0.1) is 0 Å². The van der Waals surface area contributed by atoms with Gasteiger partial charge in [-0.2, -0.15) is 0 Å². The van der Waals surface area contributed by atoms with Crippen LogP contribution in [-0.4, -0.2) is 14.1 Å². The Balaban J connectivity index is 1.70. The molecule has 0 bridgehead atoms. The number of hydrogen-bond acceptors (Lipinski definition) is 3. The van der Waals surface area contributed by atoms with E-state index in [1.165, 1.54) is 28.1 Å². The zero-order valence-electron chi connectivity index (χ0n) is 14.6. The van der Waals surface area contributed by atoms with Gasteiger partial charge in [0.1, 0.15) is 6.17 Å². The van der Waals surface area contributed by atoms with Crippen LogP contribution in [0.1, 0.15) is 28.9 Å². The highest BCUT2D eigenvalue weighted by atomic mass is 15.2. The molecule has 2 atom stereocenters. The van der Waals surface area contributed by atoms with Gasteiger partial charge in [0.05, 0.1) is 6.04 Å². The zero-order chi connectivity index (χ0) is 17.2. The van der Waals surface area contributed by atoms with Crippen molar-refractivity contribution in [2.75, 3.05) is 24.3 Å². The summed E-state index contributed by atoms with van der Waals surface area (Å²) in [4.78, 5) is 2.12. The molecular formula is C22H23N3. The summed E-state index contributed by atoms with van der Waals surface area (Å²) < 4.78 is 0. The highest BCUT2D eigenvalue weighted by Crippen LogP contribution is 2.36. The SMILES string of the molecule is CN(C)c1ccc(C2Nc3ccccc3C(c3ccccc3)N2)cc1. The van der Waals surface area contributed by atoms with Crippen LogP contribution in [0.4, 0.5) is 11.4 Å². The Hall–Kier alpha value is -2.78. The van der Waals surface area contributed by atoms with Crippen molar-refractivity contribution in [1.29, 1.82) is 0 Å². The van der Waals surface area contributed by atoms with E-state index >= 15 is 0 Å². The van der Waals surface area contributed by atoms with Gasteiger partial charge in [0, 0.05) is 25.5 Å². The fourth-order valence-corrected chi connectivity index (χ4v) is 3.40. The van der Waals surface area contributed by atoms with E-state index in [2.05, 4.69) is 108 Å². The standard InChI is InChI=1S/C22H23N3/c1-25(2)18-14-12-17(13-15-18)22-23-20-11-7-6-10-19(20)21(24-22)16-8-4-3-5-9-16/h3-15,21-24H,1-2H3. The van der Waals surface area contributed by atoms with Gasteiger partial charge in [-0.25, -0.2) is 0 Å². The summed E-state index contributed by atoms with van der Waals surface area (Å²) in [5, 5.41) is 7.40. The topological polar surface area (TPSA) is 27.3 Å². The molecule has 1 heterocycles. The maximum atomic E-state index is 3.77. The Labute approximate surface area is 149 Å². The van der Waals surface area contributed by atoms with E-state index in [-0.39, 0.29) is 12.2 Å². The molecule has 0 aliphatic carbocycles. The molecule has 25 heavy (non-hydrogen) atoms. The van der Waals surface area contributed by atoms with E-state index in [0.29, 0.717) is 0 Å². The predicted molar refractivity (Wildman–Crippen MR) is 105 cm³/mol. The summed E-state index contributed by atoms with van der Waals surface area (Å²) in [7, 11) is 4.13. The van der Waals surface area contributed by atoms with E-state index in [4.69, 9.17) is 0 Å². The first-order valence-corrected chi connectivity index (χ1v) is 8.66. The van der Waals surface area contributed by atoms with Crippen LogP contribution in [-0.2, 0) is 0 Å². The number of hydrogen-bond donors (Lipinski definition) is 2. The lowest BCUT2D eigenvalue weighted by molar-refractivity contribution is 0.506. The normalized spacial score (nSPS) is 19.0. The van der Waals surface area contributed by atoms with Gasteiger partial charge in [0.15, 0.2) is 0 Å². The van der Waals surface area contributed by atoms with Crippen LogP contribution in [0.2, 0.25) is 0 Å². The van der Waals surface area contributed by atoms with Gasteiger partial charge >= 0.3 is 0 Å². The van der Waals surface area contributed by atoms with Crippen LogP contribution in [0.15, 0.2) is 78.9 Å². The summed E-state index contributed by atoms with van der Waals surface area (Å²) in [5.41, 5.74) is 6.21. The summed E-state index contributed by atoms with van der Waals surface area (Å²) in [5.74, 6) is 0. The second kappa shape index (κ2) is 6.61. The average Bonchev–Trinajstić information content (AvgIpc) is 2.68. The van der Waals surface area contributed by atoms with Gasteiger partial charge < -0.3 is 10.2 Å². The van der Waals surface area contributed by atoms with Crippen LogP contribution >= 0.6 is 0 Å². The van der Waals surface area contributed by atoms with Crippen LogP contribution in [0.5, 0.6) is 0 Å². The number of benzene rings is 3. The first-order chi connectivity index (χ1) is 12.2. The van der Waals surface area contributed by atoms with Crippen molar-refractivity contribution >= 4 is 11.4 Å². The van der Waals surface area contributed by atoms with Crippen molar-refractivity contribution < 1.29 is 0 Å². The molecule has 4 rings (SSSR count). The summed E-state index contributed by atoms with van der Waals surface area (Å²) in [6, 6.07) is 28.1. The van der Waals surface area contributed by atoms with Gasteiger partial charge in [-0.05, 0) is 34.9 Å². The molecule has 0 amide bonds. The zero-order valence-corrected chi connectivity index (χ0v) is 14.6. The minimum atomic E-state index is 0.0799. The molecule has 2 unspecified atom stereocenters. The lowest BCUT2D eigenvalue weighted by atomic mass is 9.93. The highest BCUT2D eigenvalue weighted by molar-refractivity contribution is 5.59. The molecule has 3 nitrogen and oxygen atoms in total. The van der Waals surface area contributed by atoms with E-state index in [1.54, 1.807) is 0 Å². The summed E-state index contributed by atoms with van der Waals surface area (Å²) in [6.45, 7) is 0. The molecule has 0 radical (unpaired) electrons. The summed E-state index contributed by atoms with van der Waals surface area (Å²) >= 11 is 0. The van der Waals surface area contributed by atoms with E-state index in [9.17, 15) is 0 Å². The molecule has 0 aromatic heterocycles. The molecule has 2 N–H and O–H groups in total. The lowest BCUT2D eigenvalue weighted by Crippen LogP contribution is -2.37. The number of nitrogens with zero attached hydrogens (tertiary/aromatic N) is 1. The number of rotatable bonds is 3. The van der Waals surface area contributed by atoms with E-state index < -0.39 is 0 Å².